The molecule has 0 saturated carbocycles. The Bertz CT molecular complexity index is 475. The Morgan fingerprint density at radius 2 is 2.19 bits per heavy atom. The minimum atomic E-state index is 0.0415. The van der Waals surface area contributed by atoms with E-state index in [2.05, 4.69) is 29.3 Å². The highest BCUT2D eigenvalue weighted by Gasteiger charge is 2.23. The molecule has 4 nitrogen and oxygen atoms in total. The van der Waals surface area contributed by atoms with Gasteiger partial charge in [0.05, 0.1) is 12.6 Å². The zero-order valence-electron chi connectivity index (χ0n) is 13.1. The van der Waals surface area contributed by atoms with Crippen LogP contribution in [0.1, 0.15) is 43.4 Å². The van der Waals surface area contributed by atoms with Gasteiger partial charge in [-0.15, -0.1) is 0 Å². The molecule has 1 aromatic carbocycles. The summed E-state index contributed by atoms with van der Waals surface area (Å²) in [6.45, 7) is 6.19. The van der Waals surface area contributed by atoms with Gasteiger partial charge >= 0.3 is 0 Å². The SMILES string of the molecule is Cc1ccccc1C(C)NC(=O)CN1CCCCC1CN. The lowest BCUT2D eigenvalue weighted by Gasteiger charge is -2.34. The first-order valence-electron chi connectivity index (χ1n) is 7.91. The highest BCUT2D eigenvalue weighted by atomic mass is 16.2. The predicted octanol–water partition coefficient (Wildman–Crippen LogP) is 1.99. The van der Waals surface area contributed by atoms with Gasteiger partial charge in [-0.3, -0.25) is 9.69 Å². The van der Waals surface area contributed by atoms with Crippen LogP contribution in [-0.4, -0.2) is 36.5 Å². The molecule has 1 amide bonds. The lowest BCUT2D eigenvalue weighted by molar-refractivity contribution is -0.123. The van der Waals surface area contributed by atoms with Crippen LogP contribution >= 0.6 is 0 Å². The molecule has 2 unspecified atom stereocenters. The van der Waals surface area contributed by atoms with E-state index in [1.165, 1.54) is 17.5 Å². The van der Waals surface area contributed by atoms with E-state index in [-0.39, 0.29) is 11.9 Å². The number of rotatable bonds is 5. The summed E-state index contributed by atoms with van der Waals surface area (Å²) in [6, 6.07) is 8.59. The van der Waals surface area contributed by atoms with Crippen molar-refractivity contribution in [2.24, 2.45) is 5.73 Å². The zero-order valence-corrected chi connectivity index (χ0v) is 13.1. The van der Waals surface area contributed by atoms with Crippen molar-refractivity contribution in [2.75, 3.05) is 19.6 Å². The molecule has 1 saturated heterocycles. The van der Waals surface area contributed by atoms with Gasteiger partial charge in [0, 0.05) is 12.6 Å². The molecule has 21 heavy (non-hydrogen) atoms. The lowest BCUT2D eigenvalue weighted by Crippen LogP contribution is -2.48. The molecular formula is C17H27N3O. The molecule has 0 spiro atoms. The topological polar surface area (TPSA) is 58.4 Å². The van der Waals surface area contributed by atoms with Crippen LogP contribution < -0.4 is 11.1 Å². The number of nitrogens with one attached hydrogen (secondary N) is 1. The van der Waals surface area contributed by atoms with Crippen LogP contribution in [-0.2, 0) is 4.79 Å². The Morgan fingerprint density at radius 1 is 1.43 bits per heavy atom. The van der Waals surface area contributed by atoms with Crippen LogP contribution in [0.15, 0.2) is 24.3 Å². The van der Waals surface area contributed by atoms with Gasteiger partial charge in [0.2, 0.25) is 5.91 Å². The number of likely N-dealkylation sites (tertiary alicyclic amines) is 1. The molecule has 116 valence electrons. The zero-order chi connectivity index (χ0) is 15.2. The minimum Gasteiger partial charge on any atom is -0.348 e. The number of nitrogens with two attached hydrogens (primary N) is 1. The number of piperidine rings is 1. The van der Waals surface area contributed by atoms with Gasteiger partial charge in [-0.25, -0.2) is 0 Å². The smallest absolute Gasteiger partial charge is 0.234 e. The van der Waals surface area contributed by atoms with Crippen molar-refractivity contribution in [3.05, 3.63) is 35.4 Å². The summed E-state index contributed by atoms with van der Waals surface area (Å²) in [6.07, 6.45) is 3.49. The van der Waals surface area contributed by atoms with E-state index < -0.39 is 0 Å². The van der Waals surface area contributed by atoms with E-state index in [4.69, 9.17) is 5.73 Å². The molecule has 2 rings (SSSR count). The third-order valence-electron chi connectivity index (χ3n) is 4.40. The first kappa shape index (κ1) is 16.0. The maximum atomic E-state index is 12.3. The Morgan fingerprint density at radius 3 is 2.90 bits per heavy atom. The lowest BCUT2D eigenvalue weighted by atomic mass is 10.0. The first-order chi connectivity index (χ1) is 10.1. The molecule has 1 aliphatic heterocycles. The van der Waals surface area contributed by atoms with E-state index in [0.717, 1.165) is 19.4 Å². The van der Waals surface area contributed by atoms with Crippen LogP contribution in [0.3, 0.4) is 0 Å². The number of nitrogens with zero attached hydrogens (tertiary/aromatic N) is 1. The van der Waals surface area contributed by atoms with Crippen LogP contribution in [0.4, 0.5) is 0 Å². The van der Waals surface area contributed by atoms with Crippen LogP contribution in [0.25, 0.3) is 0 Å². The molecule has 1 aromatic rings. The first-order valence-corrected chi connectivity index (χ1v) is 7.91. The Hall–Kier alpha value is -1.39. The van der Waals surface area contributed by atoms with Crippen LogP contribution in [0, 0.1) is 6.92 Å². The third-order valence-corrected chi connectivity index (χ3v) is 4.40. The molecule has 1 heterocycles. The average molecular weight is 289 g/mol. The molecule has 0 radical (unpaired) electrons. The van der Waals surface area contributed by atoms with Crippen LogP contribution in [0.5, 0.6) is 0 Å². The number of hydrogen-bond donors (Lipinski definition) is 2. The van der Waals surface area contributed by atoms with Gasteiger partial charge in [0.15, 0.2) is 0 Å². The third kappa shape index (κ3) is 4.29. The number of carbonyl (C=O) groups is 1. The summed E-state index contributed by atoms with van der Waals surface area (Å²) in [7, 11) is 0. The van der Waals surface area contributed by atoms with E-state index in [0.29, 0.717) is 19.1 Å². The second-order valence-electron chi connectivity index (χ2n) is 6.00. The second kappa shape index (κ2) is 7.57. The summed E-state index contributed by atoms with van der Waals surface area (Å²) in [5.74, 6) is 0.0890. The van der Waals surface area contributed by atoms with E-state index in [1.807, 2.05) is 19.1 Å². The maximum Gasteiger partial charge on any atom is 0.234 e. The van der Waals surface area contributed by atoms with Gasteiger partial charge in [-0.1, -0.05) is 30.7 Å². The summed E-state index contributed by atoms with van der Waals surface area (Å²) in [5.41, 5.74) is 8.20. The fraction of sp³-hybridized carbons (Fsp3) is 0.588. The standard InChI is InChI=1S/C17H27N3O/c1-13-7-3-4-9-16(13)14(2)19-17(21)12-20-10-6-5-8-15(20)11-18/h3-4,7,9,14-15H,5-6,8,10-12,18H2,1-2H3,(H,19,21). The predicted molar refractivity (Wildman–Crippen MR) is 86.0 cm³/mol. The molecule has 0 aliphatic carbocycles. The van der Waals surface area contributed by atoms with Gasteiger partial charge < -0.3 is 11.1 Å². The minimum absolute atomic E-state index is 0.0415. The fourth-order valence-corrected chi connectivity index (χ4v) is 3.16. The number of carbonyl (C=O) groups excluding carboxylic acids is 1. The molecule has 4 heteroatoms. The van der Waals surface area contributed by atoms with Crippen molar-refractivity contribution in [3.8, 4) is 0 Å². The normalized spacial score (nSPS) is 21.0. The van der Waals surface area contributed by atoms with Crippen LogP contribution in [0.2, 0.25) is 0 Å². The average Bonchev–Trinajstić information content (AvgIpc) is 2.48. The number of amides is 1. The van der Waals surface area contributed by atoms with Gasteiger partial charge in [-0.2, -0.15) is 0 Å². The van der Waals surface area contributed by atoms with E-state index in [1.54, 1.807) is 0 Å². The van der Waals surface area contributed by atoms with E-state index in [9.17, 15) is 4.79 Å². The van der Waals surface area contributed by atoms with Crippen molar-refractivity contribution < 1.29 is 4.79 Å². The van der Waals surface area contributed by atoms with Crippen molar-refractivity contribution in [1.82, 2.24) is 10.2 Å². The van der Waals surface area contributed by atoms with Crippen molar-refractivity contribution >= 4 is 5.91 Å². The van der Waals surface area contributed by atoms with Crippen molar-refractivity contribution in [3.63, 3.8) is 0 Å². The van der Waals surface area contributed by atoms with E-state index >= 15 is 0 Å². The number of hydrogen-bond acceptors (Lipinski definition) is 3. The fourth-order valence-electron chi connectivity index (χ4n) is 3.16. The van der Waals surface area contributed by atoms with Gasteiger partial charge in [0.1, 0.15) is 0 Å². The highest BCUT2D eigenvalue weighted by Crippen LogP contribution is 2.18. The Labute approximate surface area is 127 Å². The van der Waals surface area contributed by atoms with Crippen molar-refractivity contribution in [2.45, 2.75) is 45.2 Å². The molecular weight excluding hydrogens is 262 g/mol. The second-order valence-corrected chi connectivity index (χ2v) is 6.00. The summed E-state index contributed by atoms with van der Waals surface area (Å²) in [5, 5.41) is 3.11. The monoisotopic (exact) mass is 289 g/mol. The number of benzene rings is 1. The van der Waals surface area contributed by atoms with Gasteiger partial charge in [-0.05, 0) is 44.4 Å². The molecule has 0 aromatic heterocycles. The molecule has 0 bridgehead atoms. The molecule has 2 atom stereocenters. The summed E-state index contributed by atoms with van der Waals surface area (Å²) in [4.78, 5) is 14.5. The maximum absolute atomic E-state index is 12.3. The quantitative estimate of drug-likeness (QED) is 0.871. The molecule has 1 fully saturated rings. The van der Waals surface area contributed by atoms with Gasteiger partial charge in [0.25, 0.3) is 0 Å². The Balaban J connectivity index is 1.90. The summed E-state index contributed by atoms with van der Waals surface area (Å²) < 4.78 is 0. The highest BCUT2D eigenvalue weighted by molar-refractivity contribution is 5.78. The molecule has 1 aliphatic rings. The largest absolute Gasteiger partial charge is 0.348 e. The summed E-state index contributed by atoms with van der Waals surface area (Å²) >= 11 is 0. The number of aryl methyl sites for hydroxylation is 1. The van der Waals surface area contributed by atoms with Crippen molar-refractivity contribution in [1.29, 1.82) is 0 Å². The Kier molecular flexibility index (Phi) is 5.76. The molecule has 3 N–H and O–H groups in total.